The largest absolute Gasteiger partial charge is 0.207 e. The van der Waals surface area contributed by atoms with Crippen molar-refractivity contribution in [2.24, 2.45) is 5.92 Å². The Kier molecular flexibility index (Phi) is 2.33. The van der Waals surface area contributed by atoms with Gasteiger partial charge in [-0.15, -0.1) is 0 Å². The van der Waals surface area contributed by atoms with Crippen molar-refractivity contribution in [1.29, 1.82) is 0 Å². The Morgan fingerprint density at radius 2 is 1.93 bits per heavy atom. The molecule has 1 aromatic carbocycles. The van der Waals surface area contributed by atoms with Crippen molar-refractivity contribution in [3.8, 4) is 0 Å². The van der Waals surface area contributed by atoms with Gasteiger partial charge in [-0.05, 0) is 17.9 Å². The summed E-state index contributed by atoms with van der Waals surface area (Å²) in [6.07, 6.45) is 0.453. The van der Waals surface area contributed by atoms with Gasteiger partial charge in [-0.3, -0.25) is 0 Å². The minimum Gasteiger partial charge on any atom is -0.207 e. The molecule has 0 fully saturated rings. The van der Waals surface area contributed by atoms with E-state index in [-0.39, 0.29) is 16.3 Å². The number of benzene rings is 1. The van der Waals surface area contributed by atoms with E-state index in [1.807, 2.05) is 6.92 Å². The summed E-state index contributed by atoms with van der Waals surface area (Å²) in [7, 11) is 0. The summed E-state index contributed by atoms with van der Waals surface area (Å²) in [6, 6.07) is 0.617. The average Bonchev–Trinajstić information content (AvgIpc) is 2.41. The first-order valence-corrected chi connectivity index (χ1v) is 5.24. The molecule has 1 aromatic rings. The van der Waals surface area contributed by atoms with Gasteiger partial charge in [0.2, 0.25) is 0 Å². The highest BCUT2D eigenvalue weighted by atomic mass is 79.9. The Morgan fingerprint density at radius 1 is 1.29 bits per heavy atom. The van der Waals surface area contributed by atoms with Crippen LogP contribution in [0.1, 0.15) is 22.9 Å². The summed E-state index contributed by atoms with van der Waals surface area (Å²) >= 11 is 3.25. The van der Waals surface area contributed by atoms with E-state index in [0.29, 0.717) is 18.1 Å². The van der Waals surface area contributed by atoms with Crippen molar-refractivity contribution in [3.63, 3.8) is 0 Å². The zero-order valence-corrected chi connectivity index (χ0v) is 9.04. The molecule has 0 bridgehead atoms. The molecule has 2 rings (SSSR count). The van der Waals surface area contributed by atoms with E-state index in [1.54, 1.807) is 0 Å². The molecule has 0 N–H and O–H groups in total. The lowest BCUT2D eigenvalue weighted by atomic mass is 10.1. The summed E-state index contributed by atoms with van der Waals surface area (Å²) in [5.74, 6) is -2.59. The van der Waals surface area contributed by atoms with Crippen LogP contribution in [0.25, 0.3) is 0 Å². The predicted molar refractivity (Wildman–Crippen MR) is 50.9 cm³/mol. The molecule has 0 nitrogen and oxygen atoms in total. The summed E-state index contributed by atoms with van der Waals surface area (Å²) in [4.78, 5) is -0.289. The lowest BCUT2D eigenvalue weighted by Gasteiger charge is -2.08. The molecule has 0 heterocycles. The van der Waals surface area contributed by atoms with Crippen molar-refractivity contribution in [2.45, 2.75) is 18.2 Å². The fourth-order valence-electron chi connectivity index (χ4n) is 1.86. The summed E-state index contributed by atoms with van der Waals surface area (Å²) in [5, 5.41) is 0. The van der Waals surface area contributed by atoms with Crippen LogP contribution in [0.15, 0.2) is 6.07 Å². The van der Waals surface area contributed by atoms with Gasteiger partial charge in [0.15, 0.2) is 11.6 Å². The molecule has 1 aliphatic carbocycles. The third-order valence-electron chi connectivity index (χ3n) is 2.61. The smallest absolute Gasteiger partial charge is 0.163 e. The second kappa shape index (κ2) is 3.26. The highest BCUT2D eigenvalue weighted by Crippen LogP contribution is 2.44. The maximum Gasteiger partial charge on any atom is 0.163 e. The number of rotatable bonds is 0. The predicted octanol–water partition coefficient (Wildman–Crippen LogP) is 3.73. The van der Waals surface area contributed by atoms with E-state index >= 15 is 0 Å². The maximum atomic E-state index is 13.3. The highest BCUT2D eigenvalue weighted by Gasteiger charge is 2.34. The molecule has 14 heavy (non-hydrogen) atoms. The monoisotopic (exact) mass is 264 g/mol. The van der Waals surface area contributed by atoms with Crippen molar-refractivity contribution >= 4 is 15.9 Å². The van der Waals surface area contributed by atoms with Gasteiger partial charge in [0.25, 0.3) is 0 Å². The minimum absolute atomic E-state index is 0.0933. The molecule has 1 aliphatic rings. The van der Waals surface area contributed by atoms with Crippen LogP contribution in [0.2, 0.25) is 0 Å². The second-order valence-corrected chi connectivity index (χ2v) is 4.62. The molecule has 2 unspecified atom stereocenters. The van der Waals surface area contributed by atoms with Crippen molar-refractivity contribution < 1.29 is 13.2 Å². The van der Waals surface area contributed by atoms with Gasteiger partial charge in [-0.25, -0.2) is 13.2 Å². The van der Waals surface area contributed by atoms with Crippen LogP contribution < -0.4 is 0 Å². The third-order valence-corrected chi connectivity index (χ3v) is 3.97. The lowest BCUT2D eigenvalue weighted by molar-refractivity contribution is 0.484. The van der Waals surface area contributed by atoms with E-state index in [1.165, 1.54) is 0 Å². The summed E-state index contributed by atoms with van der Waals surface area (Å²) < 4.78 is 39.5. The second-order valence-electron chi connectivity index (χ2n) is 3.63. The maximum absolute atomic E-state index is 13.3. The number of hydrogen-bond donors (Lipinski definition) is 0. The van der Waals surface area contributed by atoms with Gasteiger partial charge in [0.1, 0.15) is 5.82 Å². The van der Waals surface area contributed by atoms with Gasteiger partial charge in [0, 0.05) is 16.5 Å². The van der Waals surface area contributed by atoms with Crippen LogP contribution in [-0.2, 0) is 6.42 Å². The van der Waals surface area contributed by atoms with Gasteiger partial charge < -0.3 is 0 Å². The van der Waals surface area contributed by atoms with E-state index in [4.69, 9.17) is 0 Å². The Balaban J connectivity index is 2.67. The molecular formula is C10H8BrF3. The molecule has 0 saturated heterocycles. The number of alkyl halides is 1. The first-order chi connectivity index (χ1) is 6.52. The van der Waals surface area contributed by atoms with Gasteiger partial charge in [-0.2, -0.15) is 0 Å². The number of fused-ring (bicyclic) bond motifs is 1. The van der Waals surface area contributed by atoms with E-state index in [2.05, 4.69) is 15.9 Å². The van der Waals surface area contributed by atoms with Crippen LogP contribution >= 0.6 is 15.9 Å². The van der Waals surface area contributed by atoms with Crippen LogP contribution in [0.4, 0.5) is 13.2 Å². The zero-order chi connectivity index (χ0) is 10.5. The Bertz CT molecular complexity index is 389. The zero-order valence-electron chi connectivity index (χ0n) is 7.45. The van der Waals surface area contributed by atoms with Gasteiger partial charge >= 0.3 is 0 Å². The number of halogens is 4. The molecule has 0 amide bonds. The van der Waals surface area contributed by atoms with Crippen molar-refractivity contribution in [3.05, 3.63) is 34.6 Å². The van der Waals surface area contributed by atoms with Crippen LogP contribution in [0.3, 0.4) is 0 Å². The molecule has 0 radical (unpaired) electrons. The first kappa shape index (κ1) is 10.0. The summed E-state index contributed by atoms with van der Waals surface area (Å²) in [5.41, 5.74) is 0.452. The molecule has 0 aromatic heterocycles. The van der Waals surface area contributed by atoms with Crippen molar-refractivity contribution in [2.75, 3.05) is 0 Å². The Morgan fingerprint density at radius 3 is 2.57 bits per heavy atom. The van der Waals surface area contributed by atoms with Gasteiger partial charge in [-0.1, -0.05) is 22.9 Å². The minimum atomic E-state index is -1.11. The van der Waals surface area contributed by atoms with E-state index < -0.39 is 17.5 Å². The quantitative estimate of drug-likeness (QED) is 0.495. The average molecular weight is 265 g/mol. The topological polar surface area (TPSA) is 0 Å². The SMILES string of the molecule is CC1Cc2c(F)cc(F)c(F)c2C1Br. The Hall–Kier alpha value is -0.510. The first-order valence-electron chi connectivity index (χ1n) is 4.32. The fraction of sp³-hybridized carbons (Fsp3) is 0.400. The molecule has 0 saturated carbocycles. The third kappa shape index (κ3) is 1.28. The molecule has 0 spiro atoms. The summed E-state index contributed by atoms with van der Waals surface area (Å²) in [6.45, 7) is 1.87. The lowest BCUT2D eigenvalue weighted by Crippen LogP contribution is -1.99. The molecule has 2 atom stereocenters. The van der Waals surface area contributed by atoms with E-state index in [0.717, 1.165) is 0 Å². The number of hydrogen-bond acceptors (Lipinski definition) is 0. The van der Waals surface area contributed by atoms with Crippen LogP contribution in [0, 0.1) is 23.4 Å². The van der Waals surface area contributed by atoms with Gasteiger partial charge in [0.05, 0.1) is 0 Å². The normalized spacial score (nSPS) is 25.2. The van der Waals surface area contributed by atoms with E-state index in [9.17, 15) is 13.2 Å². The molecule has 4 heteroatoms. The standard InChI is InChI=1S/C10H8BrF3/c1-4-2-5-6(12)3-7(13)10(14)8(5)9(4)11/h3-4,9H,2H2,1H3. The van der Waals surface area contributed by atoms with Crippen LogP contribution in [0.5, 0.6) is 0 Å². The van der Waals surface area contributed by atoms with Crippen molar-refractivity contribution in [1.82, 2.24) is 0 Å². The highest BCUT2D eigenvalue weighted by molar-refractivity contribution is 9.09. The Labute approximate surface area is 88.2 Å². The molecular weight excluding hydrogens is 257 g/mol. The van der Waals surface area contributed by atoms with Crippen LogP contribution in [-0.4, -0.2) is 0 Å². The fourth-order valence-corrected chi connectivity index (χ4v) is 2.52. The molecule has 0 aliphatic heterocycles. The molecule has 76 valence electrons.